The normalized spacial score (nSPS) is 21.2. The van der Waals surface area contributed by atoms with E-state index in [1.807, 2.05) is 48.5 Å². The first-order valence-electron chi connectivity index (χ1n) is 8.06. The second-order valence-electron chi connectivity index (χ2n) is 6.38. The van der Waals surface area contributed by atoms with Crippen LogP contribution in [-0.2, 0) is 18.9 Å². The van der Waals surface area contributed by atoms with Crippen LogP contribution in [0.25, 0.3) is 0 Å². The van der Waals surface area contributed by atoms with E-state index < -0.39 is 0 Å². The van der Waals surface area contributed by atoms with Crippen molar-refractivity contribution in [2.24, 2.45) is 14.1 Å². The summed E-state index contributed by atoms with van der Waals surface area (Å²) in [6.07, 6.45) is 4.59. The smallest absolute Gasteiger partial charge is 0.268 e. The molecule has 0 aliphatic carbocycles. The fourth-order valence-electron chi connectivity index (χ4n) is 3.29. The summed E-state index contributed by atoms with van der Waals surface area (Å²) in [5.41, 5.74) is 1.64. The highest BCUT2D eigenvalue weighted by Gasteiger charge is 2.38. The number of aryl methyl sites for hydroxylation is 2. The molecule has 0 radical (unpaired) electrons. The molecule has 0 saturated carbocycles. The van der Waals surface area contributed by atoms with Gasteiger partial charge >= 0.3 is 0 Å². The van der Waals surface area contributed by atoms with Crippen LogP contribution in [0.15, 0.2) is 24.5 Å². The van der Waals surface area contributed by atoms with Gasteiger partial charge in [0.2, 0.25) is 5.91 Å². The molecular formula is C17H23N5O2. The molecule has 3 rings (SSSR count). The number of imidazole rings is 1. The van der Waals surface area contributed by atoms with Crippen molar-refractivity contribution in [3.8, 4) is 0 Å². The Morgan fingerprint density at radius 2 is 2.04 bits per heavy atom. The Labute approximate surface area is 141 Å². The first-order chi connectivity index (χ1) is 11.4. The predicted molar refractivity (Wildman–Crippen MR) is 89.4 cm³/mol. The van der Waals surface area contributed by atoms with Crippen LogP contribution in [-0.4, -0.2) is 43.9 Å². The highest BCUT2D eigenvalue weighted by Crippen LogP contribution is 2.30. The van der Waals surface area contributed by atoms with Crippen LogP contribution in [0.1, 0.15) is 40.9 Å². The van der Waals surface area contributed by atoms with Gasteiger partial charge in [0.15, 0.2) is 0 Å². The second kappa shape index (κ2) is 6.14. The van der Waals surface area contributed by atoms with E-state index in [0.29, 0.717) is 18.5 Å². The van der Waals surface area contributed by atoms with Crippen molar-refractivity contribution >= 4 is 11.8 Å². The van der Waals surface area contributed by atoms with E-state index in [-0.39, 0.29) is 23.9 Å². The topological polar surface area (TPSA) is 72.2 Å². The van der Waals surface area contributed by atoms with Crippen molar-refractivity contribution in [2.75, 3.05) is 7.05 Å². The van der Waals surface area contributed by atoms with Gasteiger partial charge in [-0.15, -0.1) is 0 Å². The van der Waals surface area contributed by atoms with Gasteiger partial charge in [-0.1, -0.05) is 0 Å². The van der Waals surface area contributed by atoms with E-state index in [2.05, 4.69) is 10.3 Å². The van der Waals surface area contributed by atoms with Gasteiger partial charge in [0.25, 0.3) is 5.91 Å². The zero-order valence-electron chi connectivity index (χ0n) is 14.5. The van der Waals surface area contributed by atoms with Crippen LogP contribution in [0, 0.1) is 6.92 Å². The maximum absolute atomic E-state index is 12.7. The zero-order valence-corrected chi connectivity index (χ0v) is 14.5. The average Bonchev–Trinajstić information content (AvgIpc) is 3.10. The number of hydrogen-bond acceptors (Lipinski definition) is 3. The van der Waals surface area contributed by atoms with Gasteiger partial charge in [0.05, 0.1) is 6.04 Å². The minimum absolute atomic E-state index is 0.0724. The Bertz CT molecular complexity index is 776. The van der Waals surface area contributed by atoms with Gasteiger partial charge in [0.1, 0.15) is 17.6 Å². The van der Waals surface area contributed by atoms with Gasteiger partial charge in [-0.3, -0.25) is 9.59 Å². The summed E-state index contributed by atoms with van der Waals surface area (Å²) in [4.78, 5) is 30.9. The third kappa shape index (κ3) is 2.70. The fraction of sp³-hybridized carbons (Fsp3) is 0.471. The lowest BCUT2D eigenvalue weighted by Crippen LogP contribution is -2.51. The van der Waals surface area contributed by atoms with Crippen LogP contribution in [0.4, 0.5) is 0 Å². The van der Waals surface area contributed by atoms with E-state index in [4.69, 9.17) is 0 Å². The molecule has 128 valence electrons. The number of piperidine rings is 1. The zero-order chi connectivity index (χ0) is 17.4. The molecule has 1 aliphatic heterocycles. The molecule has 1 saturated heterocycles. The number of nitrogens with one attached hydrogen (secondary N) is 1. The van der Waals surface area contributed by atoms with E-state index >= 15 is 0 Å². The Hall–Kier alpha value is -2.57. The van der Waals surface area contributed by atoms with Crippen molar-refractivity contribution in [3.63, 3.8) is 0 Å². The number of carbonyl (C=O) groups is 2. The molecule has 24 heavy (non-hydrogen) atoms. The minimum Gasteiger partial charge on any atom is -0.345 e. The molecule has 0 unspecified atom stereocenters. The maximum atomic E-state index is 12.7. The molecule has 1 N–H and O–H groups in total. The highest BCUT2D eigenvalue weighted by molar-refractivity contribution is 5.93. The van der Waals surface area contributed by atoms with Gasteiger partial charge < -0.3 is 19.4 Å². The molecule has 1 fully saturated rings. The fourth-order valence-corrected chi connectivity index (χ4v) is 3.29. The minimum atomic E-state index is -0.267. The van der Waals surface area contributed by atoms with Gasteiger partial charge in [-0.05, 0) is 25.5 Å². The third-order valence-corrected chi connectivity index (χ3v) is 4.91. The van der Waals surface area contributed by atoms with Gasteiger partial charge in [-0.2, -0.15) is 0 Å². The lowest BCUT2D eigenvalue weighted by atomic mass is 9.95. The largest absolute Gasteiger partial charge is 0.345 e. The molecular weight excluding hydrogens is 306 g/mol. The molecule has 2 amide bonds. The number of nitrogens with zero attached hydrogens (tertiary/aromatic N) is 4. The second-order valence-corrected chi connectivity index (χ2v) is 6.38. The lowest BCUT2D eigenvalue weighted by molar-refractivity contribution is -0.136. The molecule has 0 bridgehead atoms. The monoisotopic (exact) mass is 329 g/mol. The van der Waals surface area contributed by atoms with Crippen molar-refractivity contribution in [1.29, 1.82) is 0 Å². The maximum Gasteiger partial charge on any atom is 0.268 e. The van der Waals surface area contributed by atoms with E-state index in [9.17, 15) is 9.59 Å². The van der Waals surface area contributed by atoms with E-state index in [1.54, 1.807) is 18.1 Å². The first-order valence-corrected chi connectivity index (χ1v) is 8.06. The SMILES string of the molecule is Cc1ccc(C(=O)N[C@@H]2CCC(=O)N(C)[C@H]2c2nccn2C)n1C. The quantitative estimate of drug-likeness (QED) is 0.918. The summed E-state index contributed by atoms with van der Waals surface area (Å²) >= 11 is 0. The molecule has 2 atom stereocenters. The summed E-state index contributed by atoms with van der Waals surface area (Å²) in [6, 6.07) is 3.30. The van der Waals surface area contributed by atoms with Crippen molar-refractivity contribution in [1.82, 2.24) is 24.3 Å². The van der Waals surface area contributed by atoms with Gasteiger partial charge in [0, 0.05) is 45.7 Å². The summed E-state index contributed by atoms with van der Waals surface area (Å²) in [5, 5.41) is 3.10. The van der Waals surface area contributed by atoms with E-state index in [0.717, 1.165) is 11.5 Å². The standard InChI is InChI=1S/C17H23N5O2/c1-11-5-7-13(21(11)3)17(24)19-12-6-8-14(23)22(4)15(12)16-18-9-10-20(16)2/h5,7,9-10,12,15H,6,8H2,1-4H3,(H,19,24)/t12-,15-/m1/s1. The summed E-state index contributed by atoms with van der Waals surface area (Å²) < 4.78 is 3.76. The Morgan fingerprint density at radius 3 is 2.62 bits per heavy atom. The Kier molecular flexibility index (Phi) is 4.17. The Morgan fingerprint density at radius 1 is 1.29 bits per heavy atom. The number of likely N-dealkylation sites (tertiary alicyclic amines) is 1. The van der Waals surface area contributed by atoms with Crippen LogP contribution < -0.4 is 5.32 Å². The number of hydrogen-bond donors (Lipinski definition) is 1. The molecule has 3 heterocycles. The average molecular weight is 329 g/mol. The molecule has 1 aliphatic rings. The summed E-state index contributed by atoms with van der Waals surface area (Å²) in [6.45, 7) is 1.96. The number of rotatable bonds is 3. The third-order valence-electron chi connectivity index (χ3n) is 4.91. The number of carbonyl (C=O) groups excluding carboxylic acids is 2. The van der Waals surface area contributed by atoms with Gasteiger partial charge in [-0.25, -0.2) is 4.98 Å². The van der Waals surface area contributed by atoms with Crippen LogP contribution in [0.5, 0.6) is 0 Å². The van der Waals surface area contributed by atoms with Crippen molar-refractivity contribution in [3.05, 3.63) is 41.7 Å². The first kappa shape index (κ1) is 16.3. The predicted octanol–water partition coefficient (Wildman–Crippen LogP) is 1.16. The molecule has 2 aromatic rings. The van der Waals surface area contributed by atoms with E-state index in [1.165, 1.54) is 0 Å². The molecule has 7 nitrogen and oxygen atoms in total. The number of amides is 2. The van der Waals surface area contributed by atoms with Crippen LogP contribution in [0.3, 0.4) is 0 Å². The molecule has 7 heteroatoms. The molecule has 0 aromatic carbocycles. The Balaban J connectivity index is 1.87. The van der Waals surface area contributed by atoms with Crippen LogP contribution >= 0.6 is 0 Å². The number of likely N-dealkylation sites (N-methyl/N-ethyl adjacent to an activating group) is 1. The highest BCUT2D eigenvalue weighted by atomic mass is 16.2. The van der Waals surface area contributed by atoms with Crippen molar-refractivity contribution < 1.29 is 9.59 Å². The summed E-state index contributed by atoms with van der Waals surface area (Å²) in [5.74, 6) is 0.722. The lowest BCUT2D eigenvalue weighted by Gasteiger charge is -2.38. The van der Waals surface area contributed by atoms with Crippen molar-refractivity contribution in [2.45, 2.75) is 31.8 Å². The summed E-state index contributed by atoms with van der Waals surface area (Å²) in [7, 11) is 5.54. The molecule has 2 aromatic heterocycles. The number of aromatic nitrogens is 3. The molecule has 0 spiro atoms. The van der Waals surface area contributed by atoms with Crippen LogP contribution in [0.2, 0.25) is 0 Å².